The molecule has 0 heterocycles. The van der Waals surface area contributed by atoms with E-state index in [0.29, 0.717) is 10.8 Å². The molecule has 1 nitrogen and oxygen atoms in total. The topological polar surface area (TPSA) is 20.2 Å². The summed E-state index contributed by atoms with van der Waals surface area (Å²) in [5, 5.41) is 10.2. The molecule has 28 heavy (non-hydrogen) atoms. The molecule has 4 aliphatic rings. The molecule has 4 aliphatic carbocycles. The number of rotatable bonds is 5. The molecular formula is C27H46O. The number of fused-ring (bicyclic) bond motifs is 5. The highest BCUT2D eigenvalue weighted by Gasteiger charge is 2.58. The quantitative estimate of drug-likeness (QED) is 0.488. The molecule has 0 saturated heterocycles. The maximum Gasteiger partial charge on any atom is 0.0543 e. The van der Waals surface area contributed by atoms with Crippen LogP contribution < -0.4 is 0 Å². The van der Waals surface area contributed by atoms with Crippen molar-refractivity contribution in [3.63, 3.8) is 0 Å². The molecule has 4 rings (SSSR count). The van der Waals surface area contributed by atoms with Crippen molar-refractivity contribution in [3.05, 3.63) is 11.6 Å². The smallest absolute Gasteiger partial charge is 0.0543 e. The molecule has 0 amide bonds. The van der Waals surface area contributed by atoms with Crippen molar-refractivity contribution in [3.8, 4) is 0 Å². The number of hydrogen-bond donors (Lipinski definition) is 1. The predicted molar refractivity (Wildman–Crippen MR) is 119 cm³/mol. The first-order chi connectivity index (χ1) is 13.3. The Morgan fingerprint density at radius 2 is 1.68 bits per heavy atom. The van der Waals surface area contributed by atoms with Gasteiger partial charge in [-0.25, -0.2) is 0 Å². The van der Waals surface area contributed by atoms with Gasteiger partial charge in [0, 0.05) is 0 Å². The van der Waals surface area contributed by atoms with Crippen LogP contribution in [0.5, 0.6) is 0 Å². The minimum atomic E-state index is -0.0376. The largest absolute Gasteiger partial charge is 0.393 e. The first-order valence-electron chi connectivity index (χ1n) is 12.6. The Bertz CT molecular complexity index is 591. The molecule has 1 N–H and O–H groups in total. The fraction of sp³-hybridized carbons (Fsp3) is 0.926. The third-order valence-electron chi connectivity index (χ3n) is 10.3. The summed E-state index contributed by atoms with van der Waals surface area (Å²) in [4.78, 5) is 0. The Kier molecular flexibility index (Phi) is 5.80. The summed E-state index contributed by atoms with van der Waals surface area (Å²) in [5.41, 5.74) is 2.89. The summed E-state index contributed by atoms with van der Waals surface area (Å²) in [6.45, 7) is 12.6. The van der Waals surface area contributed by atoms with E-state index in [4.69, 9.17) is 0 Å². The zero-order valence-corrected chi connectivity index (χ0v) is 19.3. The summed E-state index contributed by atoms with van der Waals surface area (Å²) in [7, 11) is 0. The van der Waals surface area contributed by atoms with Crippen LogP contribution in [0.2, 0.25) is 0 Å². The molecule has 0 unspecified atom stereocenters. The van der Waals surface area contributed by atoms with Crippen LogP contribution in [0.1, 0.15) is 105 Å². The lowest BCUT2D eigenvalue weighted by Gasteiger charge is -2.57. The van der Waals surface area contributed by atoms with Crippen LogP contribution in [0.15, 0.2) is 11.6 Å². The SMILES string of the molecule is CC(C)CCC[C@@H](C)[C@H]1CC[C@H]2C3=CC[C@@H]4C[C@@H](O)CC[C@]4(C)[C@H]3CC[C@]12C. The molecular weight excluding hydrogens is 340 g/mol. The Hall–Kier alpha value is -0.300. The van der Waals surface area contributed by atoms with Gasteiger partial charge in [0.2, 0.25) is 0 Å². The third kappa shape index (κ3) is 3.42. The zero-order chi connectivity index (χ0) is 20.1. The van der Waals surface area contributed by atoms with Gasteiger partial charge in [0.15, 0.2) is 0 Å². The molecule has 0 bridgehead atoms. The van der Waals surface area contributed by atoms with Gasteiger partial charge >= 0.3 is 0 Å². The van der Waals surface area contributed by atoms with E-state index in [1.807, 2.05) is 5.57 Å². The predicted octanol–water partition coefficient (Wildman–Crippen LogP) is 7.39. The van der Waals surface area contributed by atoms with Crippen molar-refractivity contribution in [2.24, 2.45) is 46.3 Å². The Balaban J connectivity index is 1.50. The first kappa shape index (κ1) is 21.0. The van der Waals surface area contributed by atoms with Gasteiger partial charge in [0.1, 0.15) is 0 Å². The van der Waals surface area contributed by atoms with Gasteiger partial charge in [-0.05, 0) is 97.7 Å². The third-order valence-corrected chi connectivity index (χ3v) is 10.3. The monoisotopic (exact) mass is 386 g/mol. The minimum absolute atomic E-state index is 0.0376. The van der Waals surface area contributed by atoms with Crippen molar-refractivity contribution >= 4 is 0 Å². The van der Waals surface area contributed by atoms with Gasteiger partial charge in [0.25, 0.3) is 0 Å². The molecule has 0 spiro atoms. The molecule has 3 saturated carbocycles. The molecule has 3 fully saturated rings. The molecule has 0 aliphatic heterocycles. The molecule has 0 aromatic rings. The van der Waals surface area contributed by atoms with Gasteiger partial charge < -0.3 is 5.11 Å². The lowest BCUT2D eigenvalue weighted by molar-refractivity contribution is -0.0427. The number of hydrogen-bond acceptors (Lipinski definition) is 1. The van der Waals surface area contributed by atoms with Crippen LogP contribution in [0.25, 0.3) is 0 Å². The van der Waals surface area contributed by atoms with Crippen molar-refractivity contribution in [2.75, 3.05) is 0 Å². The van der Waals surface area contributed by atoms with E-state index in [1.165, 1.54) is 57.8 Å². The van der Waals surface area contributed by atoms with Crippen LogP contribution >= 0.6 is 0 Å². The molecule has 0 radical (unpaired) electrons. The lowest BCUT2D eigenvalue weighted by atomic mass is 9.47. The Labute approximate surface area is 174 Å². The average Bonchev–Trinajstić information content (AvgIpc) is 2.99. The summed E-state index contributed by atoms with van der Waals surface area (Å²) in [6, 6.07) is 0. The lowest BCUT2D eigenvalue weighted by Crippen LogP contribution is -2.49. The van der Waals surface area contributed by atoms with Crippen LogP contribution in [-0.2, 0) is 0 Å². The Morgan fingerprint density at radius 1 is 0.964 bits per heavy atom. The summed E-state index contributed by atoms with van der Waals surface area (Å²) in [5.74, 6) is 5.07. The summed E-state index contributed by atoms with van der Waals surface area (Å²) < 4.78 is 0. The molecule has 0 aromatic carbocycles. The van der Waals surface area contributed by atoms with Crippen LogP contribution in [0.3, 0.4) is 0 Å². The maximum absolute atomic E-state index is 10.2. The summed E-state index contributed by atoms with van der Waals surface area (Å²) in [6.07, 6.45) is 17.2. The van der Waals surface area contributed by atoms with Gasteiger partial charge in [0.05, 0.1) is 6.10 Å². The summed E-state index contributed by atoms with van der Waals surface area (Å²) >= 11 is 0. The average molecular weight is 387 g/mol. The van der Waals surface area contributed by atoms with E-state index in [2.05, 4.69) is 40.7 Å². The fourth-order valence-electron chi connectivity index (χ4n) is 8.51. The van der Waals surface area contributed by atoms with E-state index >= 15 is 0 Å². The van der Waals surface area contributed by atoms with E-state index in [9.17, 15) is 5.11 Å². The molecule has 8 atom stereocenters. The van der Waals surface area contributed by atoms with Crippen molar-refractivity contribution in [1.29, 1.82) is 0 Å². The van der Waals surface area contributed by atoms with Gasteiger partial charge in [-0.3, -0.25) is 0 Å². The van der Waals surface area contributed by atoms with Gasteiger partial charge in [-0.1, -0.05) is 65.5 Å². The highest BCUT2D eigenvalue weighted by molar-refractivity contribution is 5.27. The number of allylic oxidation sites excluding steroid dienone is 2. The number of aliphatic hydroxyl groups excluding tert-OH is 1. The first-order valence-corrected chi connectivity index (χ1v) is 12.6. The highest BCUT2D eigenvalue weighted by atomic mass is 16.3. The zero-order valence-electron chi connectivity index (χ0n) is 19.3. The minimum Gasteiger partial charge on any atom is -0.393 e. The normalized spacial score (nSPS) is 46.5. The highest BCUT2D eigenvalue weighted by Crippen LogP contribution is 2.66. The van der Waals surface area contributed by atoms with Gasteiger partial charge in [-0.2, -0.15) is 0 Å². The second kappa shape index (κ2) is 7.75. The Morgan fingerprint density at radius 3 is 2.43 bits per heavy atom. The molecule has 0 aromatic heterocycles. The van der Waals surface area contributed by atoms with E-state index in [0.717, 1.165) is 48.3 Å². The number of aliphatic hydroxyl groups is 1. The van der Waals surface area contributed by atoms with Gasteiger partial charge in [-0.15, -0.1) is 0 Å². The molecule has 160 valence electrons. The second-order valence-electron chi connectivity index (χ2n) is 12.2. The maximum atomic E-state index is 10.2. The fourth-order valence-corrected chi connectivity index (χ4v) is 8.51. The second-order valence-corrected chi connectivity index (χ2v) is 12.2. The molecule has 1 heteroatoms. The van der Waals surface area contributed by atoms with Crippen molar-refractivity contribution in [2.45, 2.75) is 111 Å². The van der Waals surface area contributed by atoms with Crippen molar-refractivity contribution in [1.82, 2.24) is 0 Å². The standard InChI is InChI=1S/C27H46O/c1-18(2)7-6-8-19(3)23-11-12-24-22-10-9-20-17-21(28)13-15-26(20,4)25(22)14-16-27(23,24)5/h10,18-21,23-25,28H,6-9,11-17H2,1-5H3/t19-,20-,21+,23-,24+,25+,26+,27-/m1/s1. The van der Waals surface area contributed by atoms with E-state index in [1.54, 1.807) is 0 Å². The van der Waals surface area contributed by atoms with Crippen LogP contribution in [-0.4, -0.2) is 11.2 Å². The van der Waals surface area contributed by atoms with Crippen LogP contribution in [0.4, 0.5) is 0 Å². The van der Waals surface area contributed by atoms with E-state index in [-0.39, 0.29) is 6.10 Å². The van der Waals surface area contributed by atoms with Crippen molar-refractivity contribution < 1.29 is 5.11 Å². The van der Waals surface area contributed by atoms with E-state index < -0.39 is 0 Å². The van der Waals surface area contributed by atoms with Crippen LogP contribution in [0, 0.1) is 46.3 Å².